The van der Waals surface area contributed by atoms with Gasteiger partial charge in [0.1, 0.15) is 5.82 Å². The number of fused-ring (bicyclic) bond motifs is 1. The van der Waals surface area contributed by atoms with Gasteiger partial charge in [0.25, 0.3) is 11.3 Å². The Balaban J connectivity index is 2.16. The van der Waals surface area contributed by atoms with Crippen LogP contribution in [0.2, 0.25) is 0 Å². The number of aromatic nitrogens is 4. The van der Waals surface area contributed by atoms with Crippen LogP contribution < -0.4 is 10.9 Å². The fourth-order valence-electron chi connectivity index (χ4n) is 2.12. The van der Waals surface area contributed by atoms with E-state index in [4.69, 9.17) is 0 Å². The van der Waals surface area contributed by atoms with Crippen molar-refractivity contribution in [2.45, 2.75) is 19.3 Å². The smallest absolute Gasteiger partial charge is 0.274 e. The summed E-state index contributed by atoms with van der Waals surface area (Å²) in [6.07, 6.45) is 1.03. The molecule has 0 radical (unpaired) electrons. The van der Waals surface area contributed by atoms with Crippen molar-refractivity contribution in [3.05, 3.63) is 27.9 Å². The highest BCUT2D eigenvalue weighted by Crippen LogP contribution is 2.19. The van der Waals surface area contributed by atoms with E-state index in [0.717, 1.165) is 25.2 Å². The Morgan fingerprint density at radius 2 is 2.38 bits per heavy atom. The molecule has 0 saturated carbocycles. The van der Waals surface area contributed by atoms with Crippen LogP contribution in [0.15, 0.2) is 10.9 Å². The average Bonchev–Trinajstić information content (AvgIpc) is 2.84. The summed E-state index contributed by atoms with van der Waals surface area (Å²) < 4.78 is 1.38. The van der Waals surface area contributed by atoms with Crippen LogP contribution >= 0.6 is 0 Å². The van der Waals surface area contributed by atoms with E-state index in [1.54, 1.807) is 6.07 Å². The van der Waals surface area contributed by atoms with Gasteiger partial charge < -0.3 is 5.32 Å². The number of H-pyrrole nitrogens is 1. The minimum Gasteiger partial charge on any atom is -0.316 e. The zero-order chi connectivity index (χ0) is 11.1. The summed E-state index contributed by atoms with van der Waals surface area (Å²) in [6, 6.07) is 1.60. The summed E-state index contributed by atoms with van der Waals surface area (Å²) >= 11 is 0. The molecule has 1 saturated heterocycles. The second-order valence-electron chi connectivity index (χ2n) is 4.15. The average molecular weight is 219 g/mol. The molecule has 3 heterocycles. The molecule has 1 aliphatic heterocycles. The summed E-state index contributed by atoms with van der Waals surface area (Å²) in [4.78, 5) is 20.4. The number of nitrogens with one attached hydrogen (secondary N) is 2. The Morgan fingerprint density at radius 1 is 1.50 bits per heavy atom. The van der Waals surface area contributed by atoms with Crippen molar-refractivity contribution < 1.29 is 0 Å². The molecule has 6 nitrogen and oxygen atoms in total. The standard InChI is InChI=1S/C10H13N5O/c1-6-12-10-13-8(7-2-3-11-5-7)4-9(16)15(10)14-6/h4,7,11H,2-3,5H2,1H3,(H,12,13,14). The molecule has 2 aromatic rings. The van der Waals surface area contributed by atoms with Crippen molar-refractivity contribution in [1.82, 2.24) is 24.9 Å². The van der Waals surface area contributed by atoms with Gasteiger partial charge in [-0.25, -0.2) is 4.98 Å². The lowest BCUT2D eigenvalue weighted by molar-refractivity contribution is 0.724. The quantitative estimate of drug-likeness (QED) is 0.696. The first-order chi connectivity index (χ1) is 7.74. The fourth-order valence-corrected chi connectivity index (χ4v) is 2.12. The molecule has 6 heteroatoms. The molecule has 0 aromatic carbocycles. The minimum absolute atomic E-state index is 0.0903. The second-order valence-corrected chi connectivity index (χ2v) is 4.15. The van der Waals surface area contributed by atoms with Gasteiger partial charge in [0.15, 0.2) is 0 Å². The summed E-state index contributed by atoms with van der Waals surface area (Å²) in [5.41, 5.74) is 0.758. The van der Waals surface area contributed by atoms with Crippen LogP contribution in [-0.4, -0.2) is 32.7 Å². The van der Waals surface area contributed by atoms with E-state index in [1.165, 1.54) is 4.52 Å². The van der Waals surface area contributed by atoms with E-state index in [9.17, 15) is 4.79 Å². The monoisotopic (exact) mass is 219 g/mol. The summed E-state index contributed by atoms with van der Waals surface area (Å²) in [7, 11) is 0. The van der Waals surface area contributed by atoms with Gasteiger partial charge in [-0.2, -0.15) is 9.50 Å². The van der Waals surface area contributed by atoms with Gasteiger partial charge in [-0.15, -0.1) is 0 Å². The number of rotatable bonds is 1. The van der Waals surface area contributed by atoms with Gasteiger partial charge in [-0.3, -0.25) is 9.89 Å². The molecule has 0 spiro atoms. The third-order valence-corrected chi connectivity index (χ3v) is 2.94. The zero-order valence-corrected chi connectivity index (χ0v) is 9.03. The van der Waals surface area contributed by atoms with E-state index < -0.39 is 0 Å². The molecule has 2 N–H and O–H groups in total. The number of aromatic amines is 1. The maximum Gasteiger partial charge on any atom is 0.274 e. The Bertz CT molecular complexity index is 578. The highest BCUT2D eigenvalue weighted by molar-refractivity contribution is 5.29. The fraction of sp³-hybridized carbons (Fsp3) is 0.500. The molecule has 1 atom stereocenters. The van der Waals surface area contributed by atoms with Crippen molar-refractivity contribution in [1.29, 1.82) is 0 Å². The van der Waals surface area contributed by atoms with Crippen LogP contribution in [-0.2, 0) is 0 Å². The molecule has 1 fully saturated rings. The number of hydrogen-bond acceptors (Lipinski definition) is 4. The van der Waals surface area contributed by atoms with Gasteiger partial charge in [-0.1, -0.05) is 0 Å². The molecule has 1 unspecified atom stereocenters. The molecule has 0 amide bonds. The third kappa shape index (κ3) is 1.42. The highest BCUT2D eigenvalue weighted by atomic mass is 16.1. The lowest BCUT2D eigenvalue weighted by atomic mass is 10.1. The lowest BCUT2D eigenvalue weighted by Gasteiger charge is -2.06. The second kappa shape index (κ2) is 3.41. The molecular weight excluding hydrogens is 206 g/mol. The highest BCUT2D eigenvalue weighted by Gasteiger charge is 2.19. The predicted octanol–water partition coefficient (Wildman–Crippen LogP) is -0.197. The third-order valence-electron chi connectivity index (χ3n) is 2.94. The van der Waals surface area contributed by atoms with Crippen molar-refractivity contribution in [2.75, 3.05) is 13.1 Å². The molecule has 3 rings (SSSR count). The van der Waals surface area contributed by atoms with Crippen LogP contribution in [0, 0.1) is 6.92 Å². The Hall–Kier alpha value is -1.69. The van der Waals surface area contributed by atoms with Gasteiger partial charge in [0.2, 0.25) is 0 Å². The molecule has 16 heavy (non-hydrogen) atoms. The van der Waals surface area contributed by atoms with Crippen LogP contribution in [0.1, 0.15) is 23.9 Å². The number of hydrogen-bond donors (Lipinski definition) is 2. The Morgan fingerprint density at radius 3 is 3.12 bits per heavy atom. The zero-order valence-electron chi connectivity index (χ0n) is 9.03. The van der Waals surface area contributed by atoms with Crippen LogP contribution in [0.5, 0.6) is 0 Å². The van der Waals surface area contributed by atoms with Crippen LogP contribution in [0.3, 0.4) is 0 Å². The van der Waals surface area contributed by atoms with Gasteiger partial charge in [0.05, 0.1) is 5.69 Å². The first-order valence-corrected chi connectivity index (χ1v) is 5.41. The summed E-state index contributed by atoms with van der Waals surface area (Å²) in [5, 5.41) is 6.13. The van der Waals surface area contributed by atoms with E-state index in [2.05, 4.69) is 20.4 Å². The molecule has 2 aromatic heterocycles. The van der Waals surface area contributed by atoms with Crippen molar-refractivity contribution >= 4 is 5.78 Å². The minimum atomic E-state index is -0.0903. The van der Waals surface area contributed by atoms with Crippen LogP contribution in [0.25, 0.3) is 5.78 Å². The normalized spacial score (nSPS) is 20.7. The largest absolute Gasteiger partial charge is 0.316 e. The van der Waals surface area contributed by atoms with E-state index >= 15 is 0 Å². The van der Waals surface area contributed by atoms with Crippen molar-refractivity contribution in [3.63, 3.8) is 0 Å². The van der Waals surface area contributed by atoms with Crippen LogP contribution in [0.4, 0.5) is 0 Å². The van der Waals surface area contributed by atoms with E-state index in [1.807, 2.05) is 6.92 Å². The maximum atomic E-state index is 11.8. The number of nitrogens with zero attached hydrogens (tertiary/aromatic N) is 3. The topological polar surface area (TPSA) is 75.1 Å². The molecule has 1 aliphatic rings. The van der Waals surface area contributed by atoms with Gasteiger partial charge >= 0.3 is 0 Å². The van der Waals surface area contributed by atoms with Gasteiger partial charge in [0, 0.05) is 18.5 Å². The predicted molar refractivity (Wildman–Crippen MR) is 58.6 cm³/mol. The SMILES string of the molecule is Cc1nc2nc(C3CCNC3)cc(=O)n2[nH]1. The van der Waals surface area contributed by atoms with Crippen molar-refractivity contribution in [2.24, 2.45) is 0 Å². The molecular formula is C10H13N5O. The van der Waals surface area contributed by atoms with E-state index in [0.29, 0.717) is 17.5 Å². The molecule has 0 aliphatic carbocycles. The molecule has 84 valence electrons. The van der Waals surface area contributed by atoms with E-state index in [-0.39, 0.29) is 5.56 Å². The summed E-state index contributed by atoms with van der Waals surface area (Å²) in [5.74, 6) is 1.51. The van der Waals surface area contributed by atoms with Gasteiger partial charge in [-0.05, 0) is 19.9 Å². The first kappa shape index (κ1) is 9.53. The maximum absolute atomic E-state index is 11.8. The Labute approximate surface area is 91.7 Å². The lowest BCUT2D eigenvalue weighted by Crippen LogP contribution is -2.18. The first-order valence-electron chi connectivity index (χ1n) is 5.41. The summed E-state index contributed by atoms with van der Waals surface area (Å²) in [6.45, 7) is 3.70. The number of aryl methyl sites for hydroxylation is 1. The Kier molecular flexibility index (Phi) is 2.03. The van der Waals surface area contributed by atoms with Crippen molar-refractivity contribution in [3.8, 4) is 0 Å². The molecule has 0 bridgehead atoms.